The number of allylic oxidation sites excluding steroid dienone is 4. The van der Waals surface area contributed by atoms with Crippen LogP contribution in [-0.4, -0.2) is 6.41 Å². The van der Waals surface area contributed by atoms with Crippen LogP contribution < -0.4 is 5.32 Å². The lowest BCUT2D eigenvalue weighted by Crippen LogP contribution is -2.15. The van der Waals surface area contributed by atoms with Crippen LogP contribution in [0.2, 0.25) is 0 Å². The fourth-order valence-corrected chi connectivity index (χ4v) is 1.58. The standard InChI is InChI=1S/C12H13NO3/c14-9-13-12-8-15-7-11(16-12)6-10-4-2-1-3-5-10/h1-2,4,7-9H,3,5-6H2,(H,13,14). The van der Waals surface area contributed by atoms with Gasteiger partial charge < -0.3 is 9.47 Å². The van der Waals surface area contributed by atoms with Gasteiger partial charge in [0.25, 0.3) is 0 Å². The van der Waals surface area contributed by atoms with Crippen molar-refractivity contribution in [2.24, 2.45) is 0 Å². The SMILES string of the molecule is O=CNC1=COC=C(CC2=CC=CCC2)O1. The molecule has 0 saturated heterocycles. The van der Waals surface area contributed by atoms with Gasteiger partial charge in [-0.05, 0) is 12.8 Å². The summed E-state index contributed by atoms with van der Waals surface area (Å²) in [7, 11) is 0. The second kappa shape index (κ2) is 5.21. The monoisotopic (exact) mass is 219 g/mol. The van der Waals surface area contributed by atoms with E-state index in [1.165, 1.54) is 11.8 Å². The average Bonchev–Trinajstić information content (AvgIpc) is 2.31. The number of nitrogens with one attached hydrogen (secondary N) is 1. The third-order valence-electron chi connectivity index (χ3n) is 2.32. The van der Waals surface area contributed by atoms with E-state index in [0.29, 0.717) is 24.5 Å². The van der Waals surface area contributed by atoms with E-state index < -0.39 is 0 Å². The lowest BCUT2D eigenvalue weighted by atomic mass is 10.0. The van der Waals surface area contributed by atoms with Crippen LogP contribution in [0.5, 0.6) is 0 Å². The van der Waals surface area contributed by atoms with Crippen molar-refractivity contribution in [2.75, 3.05) is 0 Å². The molecule has 1 amide bonds. The lowest BCUT2D eigenvalue weighted by molar-refractivity contribution is -0.109. The molecule has 2 rings (SSSR count). The molecule has 0 aromatic rings. The molecule has 2 aliphatic rings. The minimum atomic E-state index is 0.319. The van der Waals surface area contributed by atoms with Crippen LogP contribution in [0.4, 0.5) is 0 Å². The summed E-state index contributed by atoms with van der Waals surface area (Å²) in [6, 6.07) is 0. The number of carbonyl (C=O) groups is 1. The van der Waals surface area contributed by atoms with E-state index in [1.807, 2.05) is 6.08 Å². The number of hydrogen-bond acceptors (Lipinski definition) is 3. The van der Waals surface area contributed by atoms with E-state index in [4.69, 9.17) is 9.47 Å². The topological polar surface area (TPSA) is 47.6 Å². The van der Waals surface area contributed by atoms with E-state index in [0.717, 1.165) is 12.8 Å². The van der Waals surface area contributed by atoms with Crippen molar-refractivity contribution in [3.8, 4) is 0 Å². The number of ether oxygens (including phenoxy) is 2. The van der Waals surface area contributed by atoms with Gasteiger partial charge in [-0.25, -0.2) is 0 Å². The van der Waals surface area contributed by atoms with Crippen LogP contribution in [0.15, 0.2) is 48.0 Å². The number of carbonyl (C=O) groups excluding carboxylic acids is 1. The van der Waals surface area contributed by atoms with Crippen molar-refractivity contribution in [1.29, 1.82) is 0 Å². The van der Waals surface area contributed by atoms with Gasteiger partial charge in [-0.2, -0.15) is 0 Å². The van der Waals surface area contributed by atoms with E-state index in [1.54, 1.807) is 6.26 Å². The fraction of sp³-hybridized carbons (Fsp3) is 0.250. The summed E-state index contributed by atoms with van der Waals surface area (Å²) in [5.41, 5.74) is 1.30. The summed E-state index contributed by atoms with van der Waals surface area (Å²) >= 11 is 0. The highest BCUT2D eigenvalue weighted by molar-refractivity contribution is 5.49. The van der Waals surface area contributed by atoms with Gasteiger partial charge >= 0.3 is 0 Å². The van der Waals surface area contributed by atoms with Crippen molar-refractivity contribution in [3.63, 3.8) is 0 Å². The molecule has 0 unspecified atom stereocenters. The summed E-state index contributed by atoms with van der Waals surface area (Å²) in [6.45, 7) is 0. The maximum atomic E-state index is 10.2. The molecule has 0 fully saturated rings. The Balaban J connectivity index is 1.91. The fourth-order valence-electron chi connectivity index (χ4n) is 1.58. The van der Waals surface area contributed by atoms with Gasteiger partial charge in [0.2, 0.25) is 12.3 Å². The molecule has 0 atom stereocenters. The Bertz CT molecular complexity index is 391. The predicted octanol–water partition coefficient (Wildman–Crippen LogP) is 2.09. The molecule has 1 aliphatic heterocycles. The van der Waals surface area contributed by atoms with Crippen LogP contribution in [0.1, 0.15) is 19.3 Å². The lowest BCUT2D eigenvalue weighted by Gasteiger charge is -2.17. The molecular formula is C12H13NO3. The summed E-state index contributed by atoms with van der Waals surface area (Å²) in [5.74, 6) is 1.02. The van der Waals surface area contributed by atoms with Gasteiger partial charge in [0.15, 0.2) is 6.26 Å². The third-order valence-corrected chi connectivity index (χ3v) is 2.32. The van der Waals surface area contributed by atoms with Gasteiger partial charge in [0, 0.05) is 6.42 Å². The van der Waals surface area contributed by atoms with E-state index >= 15 is 0 Å². The van der Waals surface area contributed by atoms with Crippen LogP contribution >= 0.6 is 0 Å². The Morgan fingerprint density at radius 2 is 2.38 bits per heavy atom. The number of hydrogen-bond donors (Lipinski definition) is 1. The van der Waals surface area contributed by atoms with Crippen molar-refractivity contribution in [3.05, 3.63) is 48.0 Å². The zero-order valence-electron chi connectivity index (χ0n) is 8.81. The maximum Gasteiger partial charge on any atom is 0.235 e. The molecule has 0 radical (unpaired) electrons. The van der Waals surface area contributed by atoms with E-state index in [2.05, 4.69) is 17.5 Å². The molecule has 84 valence electrons. The Labute approximate surface area is 93.9 Å². The van der Waals surface area contributed by atoms with Crippen LogP contribution in [0.25, 0.3) is 0 Å². The van der Waals surface area contributed by atoms with Crippen LogP contribution in [0.3, 0.4) is 0 Å². The highest BCUT2D eigenvalue weighted by Gasteiger charge is 2.11. The molecule has 1 heterocycles. The second-order valence-electron chi connectivity index (χ2n) is 3.54. The second-order valence-corrected chi connectivity index (χ2v) is 3.54. The third kappa shape index (κ3) is 2.76. The molecule has 0 saturated carbocycles. The largest absolute Gasteiger partial charge is 0.464 e. The van der Waals surface area contributed by atoms with Crippen molar-refractivity contribution in [1.82, 2.24) is 5.32 Å². The molecule has 0 aromatic carbocycles. The smallest absolute Gasteiger partial charge is 0.235 e. The average molecular weight is 219 g/mol. The highest BCUT2D eigenvalue weighted by atomic mass is 16.6. The minimum Gasteiger partial charge on any atom is -0.464 e. The summed E-state index contributed by atoms with van der Waals surface area (Å²) < 4.78 is 10.5. The molecule has 1 aliphatic carbocycles. The first-order valence-electron chi connectivity index (χ1n) is 5.16. The van der Waals surface area contributed by atoms with Gasteiger partial charge in [-0.15, -0.1) is 0 Å². The van der Waals surface area contributed by atoms with Crippen molar-refractivity contribution in [2.45, 2.75) is 19.3 Å². The molecular weight excluding hydrogens is 206 g/mol. The molecule has 4 heteroatoms. The molecule has 0 spiro atoms. The molecule has 16 heavy (non-hydrogen) atoms. The number of rotatable bonds is 4. The van der Waals surface area contributed by atoms with Gasteiger partial charge in [-0.3, -0.25) is 10.1 Å². The Kier molecular flexibility index (Phi) is 3.43. The van der Waals surface area contributed by atoms with E-state index in [9.17, 15) is 4.79 Å². The van der Waals surface area contributed by atoms with Crippen molar-refractivity contribution < 1.29 is 14.3 Å². The Morgan fingerprint density at radius 3 is 3.12 bits per heavy atom. The first-order chi connectivity index (χ1) is 7.88. The predicted molar refractivity (Wildman–Crippen MR) is 58.6 cm³/mol. The molecule has 0 aromatic heterocycles. The molecule has 4 nitrogen and oxygen atoms in total. The number of amides is 1. The zero-order valence-corrected chi connectivity index (χ0v) is 8.81. The quantitative estimate of drug-likeness (QED) is 0.736. The first kappa shape index (κ1) is 10.5. The zero-order chi connectivity index (χ0) is 11.2. The Hall–Kier alpha value is -1.97. The van der Waals surface area contributed by atoms with Crippen LogP contribution in [-0.2, 0) is 14.3 Å². The first-order valence-corrected chi connectivity index (χ1v) is 5.16. The summed E-state index contributed by atoms with van der Waals surface area (Å²) in [4.78, 5) is 10.2. The van der Waals surface area contributed by atoms with Gasteiger partial charge in [0.1, 0.15) is 12.0 Å². The molecule has 0 bridgehead atoms. The van der Waals surface area contributed by atoms with E-state index in [-0.39, 0.29) is 0 Å². The maximum absolute atomic E-state index is 10.2. The summed E-state index contributed by atoms with van der Waals surface area (Å²) in [6.07, 6.45) is 12.5. The highest BCUT2D eigenvalue weighted by Crippen LogP contribution is 2.23. The van der Waals surface area contributed by atoms with Gasteiger partial charge in [0.05, 0.1) is 0 Å². The van der Waals surface area contributed by atoms with Crippen LogP contribution in [0, 0.1) is 0 Å². The Morgan fingerprint density at radius 1 is 1.44 bits per heavy atom. The molecule has 1 N–H and O–H groups in total. The minimum absolute atomic E-state index is 0.319. The summed E-state index contributed by atoms with van der Waals surface area (Å²) in [5, 5.41) is 2.41. The van der Waals surface area contributed by atoms with Crippen molar-refractivity contribution >= 4 is 6.41 Å². The normalized spacial score (nSPS) is 18.6. The van der Waals surface area contributed by atoms with Gasteiger partial charge in [-0.1, -0.05) is 23.8 Å².